The Morgan fingerprint density at radius 1 is 1.08 bits per heavy atom. The standard InChI is InChI=1S/C18H17N3O2S2/c22-15(16-2-1-9-24-16)11-20-5-7-21(8-6-20)18(23)13-3-4-14-17(10-13)25-12-19-14/h1-4,9-10,12H,5-8,11H2. The van der Waals surface area contributed by atoms with Crippen molar-refractivity contribution in [2.24, 2.45) is 0 Å². The van der Waals surface area contributed by atoms with Crippen LogP contribution in [-0.4, -0.2) is 59.2 Å². The molecular weight excluding hydrogens is 354 g/mol. The van der Waals surface area contributed by atoms with Crippen LogP contribution in [0, 0.1) is 0 Å². The molecule has 0 atom stereocenters. The second kappa shape index (κ2) is 7.03. The highest BCUT2D eigenvalue weighted by Gasteiger charge is 2.24. The summed E-state index contributed by atoms with van der Waals surface area (Å²) in [6.07, 6.45) is 0. The number of benzene rings is 1. The molecule has 0 radical (unpaired) electrons. The Morgan fingerprint density at radius 2 is 1.92 bits per heavy atom. The number of aromatic nitrogens is 1. The third-order valence-electron chi connectivity index (χ3n) is 4.40. The number of carbonyl (C=O) groups excluding carboxylic acids is 2. The molecule has 1 amide bonds. The summed E-state index contributed by atoms with van der Waals surface area (Å²) in [5.74, 6) is 0.213. The van der Waals surface area contributed by atoms with Crippen LogP contribution in [0.5, 0.6) is 0 Å². The molecule has 1 saturated heterocycles. The van der Waals surface area contributed by atoms with Crippen molar-refractivity contribution in [2.45, 2.75) is 0 Å². The second-order valence-corrected chi connectivity index (χ2v) is 7.84. The van der Waals surface area contributed by atoms with Crippen LogP contribution in [0.4, 0.5) is 0 Å². The average Bonchev–Trinajstić information content (AvgIpc) is 3.32. The molecular formula is C18H17N3O2S2. The Morgan fingerprint density at radius 3 is 2.68 bits per heavy atom. The normalized spacial score (nSPS) is 15.6. The van der Waals surface area contributed by atoms with Gasteiger partial charge in [0.1, 0.15) is 0 Å². The third kappa shape index (κ3) is 3.49. The Kier molecular flexibility index (Phi) is 4.61. The molecule has 2 aromatic heterocycles. The number of rotatable bonds is 4. The van der Waals surface area contributed by atoms with E-state index in [1.165, 1.54) is 11.3 Å². The first-order valence-corrected chi connectivity index (χ1v) is 9.88. The van der Waals surface area contributed by atoms with Crippen molar-refractivity contribution in [1.82, 2.24) is 14.8 Å². The van der Waals surface area contributed by atoms with Gasteiger partial charge in [-0.3, -0.25) is 14.5 Å². The van der Waals surface area contributed by atoms with Gasteiger partial charge in [-0.25, -0.2) is 4.98 Å². The number of Topliss-reactive ketones (excluding diaryl/α,β-unsaturated/α-hetero) is 1. The largest absolute Gasteiger partial charge is 0.336 e. The topological polar surface area (TPSA) is 53.5 Å². The molecule has 0 N–H and O–H groups in total. The summed E-state index contributed by atoms with van der Waals surface area (Å²) in [7, 11) is 0. The van der Waals surface area contributed by atoms with Crippen molar-refractivity contribution in [3.63, 3.8) is 0 Å². The summed E-state index contributed by atoms with van der Waals surface area (Å²) in [6, 6.07) is 9.42. The van der Waals surface area contributed by atoms with Crippen LogP contribution < -0.4 is 0 Å². The van der Waals surface area contributed by atoms with E-state index in [4.69, 9.17) is 0 Å². The molecule has 3 aromatic rings. The number of piperazine rings is 1. The maximum absolute atomic E-state index is 12.7. The smallest absolute Gasteiger partial charge is 0.253 e. The van der Waals surface area contributed by atoms with E-state index < -0.39 is 0 Å². The molecule has 1 aliphatic heterocycles. The lowest BCUT2D eigenvalue weighted by molar-refractivity contribution is 0.0625. The number of nitrogens with zero attached hydrogens (tertiary/aromatic N) is 3. The molecule has 5 nitrogen and oxygen atoms in total. The molecule has 4 rings (SSSR count). The van der Waals surface area contributed by atoms with Crippen LogP contribution in [0.3, 0.4) is 0 Å². The van der Waals surface area contributed by atoms with E-state index >= 15 is 0 Å². The Balaban J connectivity index is 1.36. The molecule has 0 saturated carbocycles. The van der Waals surface area contributed by atoms with E-state index in [2.05, 4.69) is 9.88 Å². The molecule has 0 spiro atoms. The Bertz CT molecular complexity index is 896. The fourth-order valence-electron chi connectivity index (χ4n) is 3.00. The lowest BCUT2D eigenvalue weighted by Crippen LogP contribution is -2.49. The van der Waals surface area contributed by atoms with Crippen molar-refractivity contribution in [1.29, 1.82) is 0 Å². The highest BCUT2D eigenvalue weighted by molar-refractivity contribution is 7.16. The van der Waals surface area contributed by atoms with E-state index in [9.17, 15) is 9.59 Å². The van der Waals surface area contributed by atoms with E-state index in [0.29, 0.717) is 25.2 Å². The molecule has 1 aromatic carbocycles. The minimum Gasteiger partial charge on any atom is -0.336 e. The Labute approximate surface area is 153 Å². The maximum Gasteiger partial charge on any atom is 0.253 e. The lowest BCUT2D eigenvalue weighted by atomic mass is 10.1. The van der Waals surface area contributed by atoms with E-state index in [0.717, 1.165) is 28.2 Å². The van der Waals surface area contributed by atoms with E-state index in [1.54, 1.807) is 16.8 Å². The number of amides is 1. The molecule has 1 fully saturated rings. The molecule has 1 aliphatic rings. The number of ketones is 1. The van der Waals surface area contributed by atoms with Crippen LogP contribution in [-0.2, 0) is 0 Å². The van der Waals surface area contributed by atoms with Crippen LogP contribution in [0.2, 0.25) is 0 Å². The van der Waals surface area contributed by atoms with Crippen LogP contribution >= 0.6 is 22.7 Å². The zero-order valence-corrected chi connectivity index (χ0v) is 15.2. The van der Waals surface area contributed by atoms with E-state index in [1.807, 2.05) is 40.6 Å². The third-order valence-corrected chi connectivity index (χ3v) is 6.10. The molecule has 25 heavy (non-hydrogen) atoms. The highest BCUT2D eigenvalue weighted by Crippen LogP contribution is 2.20. The van der Waals surface area contributed by atoms with Gasteiger partial charge in [-0.05, 0) is 29.6 Å². The zero-order chi connectivity index (χ0) is 17.2. The van der Waals surface area contributed by atoms with Crippen LogP contribution in [0.25, 0.3) is 10.2 Å². The molecule has 0 bridgehead atoms. The van der Waals surface area contributed by atoms with Gasteiger partial charge in [-0.1, -0.05) is 6.07 Å². The fourth-order valence-corrected chi connectivity index (χ4v) is 4.37. The summed E-state index contributed by atoms with van der Waals surface area (Å²) in [4.78, 5) is 33.9. The van der Waals surface area contributed by atoms with Crippen molar-refractivity contribution < 1.29 is 9.59 Å². The van der Waals surface area contributed by atoms with Crippen molar-refractivity contribution in [3.8, 4) is 0 Å². The van der Waals surface area contributed by atoms with Gasteiger partial charge >= 0.3 is 0 Å². The first-order chi connectivity index (χ1) is 12.2. The minimum atomic E-state index is 0.0551. The monoisotopic (exact) mass is 371 g/mol. The van der Waals surface area contributed by atoms with Gasteiger partial charge in [0.15, 0.2) is 5.78 Å². The highest BCUT2D eigenvalue weighted by atomic mass is 32.1. The second-order valence-electron chi connectivity index (χ2n) is 6.00. The van der Waals surface area contributed by atoms with Gasteiger partial charge in [-0.2, -0.15) is 0 Å². The van der Waals surface area contributed by atoms with Crippen molar-refractivity contribution in [2.75, 3.05) is 32.7 Å². The first-order valence-electron chi connectivity index (χ1n) is 8.12. The summed E-state index contributed by atoms with van der Waals surface area (Å²) < 4.78 is 1.03. The fraction of sp³-hybridized carbons (Fsp3) is 0.278. The molecule has 0 unspecified atom stereocenters. The lowest BCUT2D eigenvalue weighted by Gasteiger charge is -2.34. The summed E-state index contributed by atoms with van der Waals surface area (Å²) in [5.41, 5.74) is 3.43. The number of fused-ring (bicyclic) bond motifs is 1. The van der Waals surface area contributed by atoms with Crippen molar-refractivity contribution in [3.05, 3.63) is 51.7 Å². The predicted octanol–water partition coefficient (Wildman–Crippen LogP) is 3.00. The molecule has 128 valence electrons. The molecule has 0 aliphatic carbocycles. The minimum absolute atomic E-state index is 0.0551. The maximum atomic E-state index is 12.7. The number of thiophene rings is 1. The zero-order valence-electron chi connectivity index (χ0n) is 13.6. The predicted molar refractivity (Wildman–Crippen MR) is 101 cm³/mol. The van der Waals surface area contributed by atoms with Gasteiger partial charge in [0.05, 0.1) is 27.1 Å². The van der Waals surface area contributed by atoms with Crippen LogP contribution in [0.15, 0.2) is 41.2 Å². The van der Waals surface area contributed by atoms with Crippen molar-refractivity contribution >= 4 is 44.6 Å². The quantitative estimate of drug-likeness (QED) is 0.662. The van der Waals surface area contributed by atoms with Crippen LogP contribution in [0.1, 0.15) is 20.0 Å². The molecule has 3 heterocycles. The first kappa shape index (κ1) is 16.4. The van der Waals surface area contributed by atoms with Gasteiger partial charge in [-0.15, -0.1) is 22.7 Å². The van der Waals surface area contributed by atoms with Gasteiger partial charge < -0.3 is 4.90 Å². The Hall–Kier alpha value is -2.09. The summed E-state index contributed by atoms with van der Waals surface area (Å²) in [6.45, 7) is 3.18. The SMILES string of the molecule is O=C(CN1CCN(C(=O)c2ccc3ncsc3c2)CC1)c1cccs1. The van der Waals surface area contributed by atoms with Gasteiger partial charge in [0.2, 0.25) is 0 Å². The summed E-state index contributed by atoms with van der Waals surface area (Å²) in [5, 5.41) is 1.92. The van der Waals surface area contributed by atoms with Gasteiger partial charge in [0.25, 0.3) is 5.91 Å². The van der Waals surface area contributed by atoms with E-state index in [-0.39, 0.29) is 11.7 Å². The van der Waals surface area contributed by atoms with Gasteiger partial charge in [0, 0.05) is 31.7 Å². The number of carbonyl (C=O) groups is 2. The number of hydrogen-bond donors (Lipinski definition) is 0. The average molecular weight is 371 g/mol. The molecule has 7 heteroatoms. The summed E-state index contributed by atoms with van der Waals surface area (Å²) >= 11 is 3.02. The number of hydrogen-bond acceptors (Lipinski definition) is 6. The number of thiazole rings is 1.